The number of aliphatic imine (C=N–C) groups is 1. The quantitative estimate of drug-likeness (QED) is 0.134. The number of carbonyl (C=O) groups excluding carboxylic acids is 2. The summed E-state index contributed by atoms with van der Waals surface area (Å²) < 4.78 is 34.7. The summed E-state index contributed by atoms with van der Waals surface area (Å²) in [5, 5.41) is 23.5. The molecule has 2 heterocycles. The minimum absolute atomic E-state index is 0. The van der Waals surface area contributed by atoms with Gasteiger partial charge in [0.1, 0.15) is 0 Å². The van der Waals surface area contributed by atoms with E-state index >= 15 is 0 Å². The molecule has 0 radical (unpaired) electrons. The molecule has 10 nitrogen and oxygen atoms in total. The van der Waals surface area contributed by atoms with Gasteiger partial charge in [0.25, 0.3) is 0 Å². The molecule has 0 aromatic carbocycles. The third-order valence-electron chi connectivity index (χ3n) is 3.67. The first-order chi connectivity index (χ1) is 11.5. The standard InChI is InChI=1S/C13H16N2O8S2.2Na/c1-6(23-25(20,21)22)10-8-5-9(24-4-3-14-7(2)16)11(13(18)19)15(8)12(10)17;;/h3-4,6,8,10H,5H2,1-2H3,(H,14,16)(H,18,19)(H,20,21,22);;/q;2*+1/p-2/b4-3+;;/t6-,8+,10-;;/m0../s1. The van der Waals surface area contributed by atoms with Crippen LogP contribution in [-0.2, 0) is 24.2 Å². The molecule has 14 heteroatoms. The topological polar surface area (TPSA) is 159 Å². The van der Waals surface area contributed by atoms with E-state index < -0.39 is 46.2 Å². The molecule has 0 aliphatic carbocycles. The SMILES string of the molecule is CC([O-])=N/C=C/SC1=C(C(=O)[O-])N2C(=O)[C@@H]([C@H](C)OS(=O)(=O)O)[C@H]2C1.[Na+].[Na+]. The van der Waals surface area contributed by atoms with E-state index in [9.17, 15) is 28.2 Å². The number of β-lactam (4-membered cyclic amide) rings is 1. The average molecular weight is 436 g/mol. The maximum atomic E-state index is 12.2. The molecule has 1 N–H and O–H groups in total. The molecule has 1 fully saturated rings. The number of amides is 1. The Labute approximate surface area is 204 Å². The van der Waals surface area contributed by atoms with Crippen molar-refractivity contribution in [2.45, 2.75) is 32.4 Å². The molecule has 2 aliphatic heterocycles. The Hall–Kier alpha value is 0.110. The second-order valence-corrected chi connectivity index (χ2v) is 7.39. The van der Waals surface area contributed by atoms with Crippen LogP contribution in [0.25, 0.3) is 0 Å². The molecular weight excluding hydrogens is 422 g/mol. The number of rotatable bonds is 7. The molecule has 1 amide bonds. The van der Waals surface area contributed by atoms with Gasteiger partial charge in [-0.3, -0.25) is 14.3 Å². The molecule has 3 atom stereocenters. The van der Waals surface area contributed by atoms with Crippen molar-refractivity contribution in [3.8, 4) is 0 Å². The Morgan fingerprint density at radius 3 is 2.52 bits per heavy atom. The van der Waals surface area contributed by atoms with Crippen LogP contribution >= 0.6 is 11.8 Å². The van der Waals surface area contributed by atoms with E-state index in [2.05, 4.69) is 9.18 Å². The third-order valence-corrected chi connectivity index (χ3v) is 5.12. The van der Waals surface area contributed by atoms with Gasteiger partial charge in [-0.1, -0.05) is 11.8 Å². The Morgan fingerprint density at radius 2 is 2.04 bits per heavy atom. The smallest absolute Gasteiger partial charge is 0.862 e. The fourth-order valence-corrected chi connectivity index (χ4v) is 4.16. The van der Waals surface area contributed by atoms with Crippen molar-refractivity contribution < 1.29 is 96.1 Å². The van der Waals surface area contributed by atoms with Crippen LogP contribution in [0.3, 0.4) is 0 Å². The molecule has 0 aromatic heterocycles. The first-order valence-corrected chi connectivity index (χ1v) is 9.23. The van der Waals surface area contributed by atoms with Crippen molar-refractivity contribution in [3.05, 3.63) is 22.2 Å². The molecule has 0 saturated carbocycles. The van der Waals surface area contributed by atoms with Gasteiger partial charge in [-0.25, -0.2) is 4.18 Å². The van der Waals surface area contributed by atoms with Crippen LogP contribution in [0, 0.1) is 5.92 Å². The largest absolute Gasteiger partial charge is 1.00 e. The number of fused-ring (bicyclic) bond motifs is 1. The van der Waals surface area contributed by atoms with Crippen LogP contribution < -0.4 is 69.3 Å². The summed E-state index contributed by atoms with van der Waals surface area (Å²) in [6.07, 6.45) is 0.194. The van der Waals surface area contributed by atoms with Crippen molar-refractivity contribution in [3.63, 3.8) is 0 Å². The summed E-state index contributed by atoms with van der Waals surface area (Å²) in [6.45, 7) is 2.55. The zero-order valence-corrected chi connectivity index (χ0v) is 20.7. The van der Waals surface area contributed by atoms with Crippen LogP contribution in [0.2, 0.25) is 0 Å². The normalized spacial score (nSPS) is 23.4. The number of thioether (sulfide) groups is 1. The van der Waals surface area contributed by atoms with Crippen molar-refractivity contribution in [1.29, 1.82) is 0 Å². The maximum absolute atomic E-state index is 12.2. The van der Waals surface area contributed by atoms with Crippen LogP contribution in [0.15, 0.2) is 27.2 Å². The maximum Gasteiger partial charge on any atom is 1.00 e. The molecular formula is C13H14N2Na2O8S2. The summed E-state index contributed by atoms with van der Waals surface area (Å²) >= 11 is 0.969. The second-order valence-electron chi connectivity index (χ2n) is 5.34. The van der Waals surface area contributed by atoms with Gasteiger partial charge in [0.15, 0.2) is 0 Å². The Bertz CT molecular complexity index is 792. The number of hydrogen-bond donors (Lipinski definition) is 1. The van der Waals surface area contributed by atoms with Crippen molar-refractivity contribution in [2.24, 2.45) is 10.9 Å². The molecule has 1 saturated heterocycles. The number of aliphatic carboxylic acids is 1. The molecule has 2 rings (SSSR count). The number of nitrogens with zero attached hydrogens (tertiary/aromatic N) is 2. The zero-order chi connectivity index (χ0) is 18.9. The Kier molecular flexibility index (Phi) is 10.8. The van der Waals surface area contributed by atoms with Gasteiger partial charge in [0.05, 0.1) is 29.7 Å². The van der Waals surface area contributed by atoms with Crippen LogP contribution in [0.1, 0.15) is 20.3 Å². The Balaban J connectivity index is 0.00000338. The third kappa shape index (κ3) is 6.56. The molecule has 138 valence electrons. The summed E-state index contributed by atoms with van der Waals surface area (Å²) in [5.41, 5.74) is -0.303. The summed E-state index contributed by atoms with van der Waals surface area (Å²) in [6, 6.07) is -0.613. The van der Waals surface area contributed by atoms with Gasteiger partial charge in [0, 0.05) is 17.5 Å². The van der Waals surface area contributed by atoms with E-state index in [1.54, 1.807) is 0 Å². The second kappa shape index (κ2) is 10.8. The molecule has 2 aliphatic rings. The minimum Gasteiger partial charge on any atom is -0.862 e. The Morgan fingerprint density at radius 1 is 1.44 bits per heavy atom. The van der Waals surface area contributed by atoms with E-state index in [-0.39, 0.29) is 71.2 Å². The molecule has 0 aromatic rings. The van der Waals surface area contributed by atoms with Gasteiger partial charge in [-0.2, -0.15) is 8.42 Å². The molecule has 0 spiro atoms. The minimum atomic E-state index is -4.74. The predicted molar refractivity (Wildman–Crippen MR) is 82.7 cm³/mol. The number of carbonyl (C=O) groups is 2. The van der Waals surface area contributed by atoms with Crippen molar-refractivity contribution in [1.82, 2.24) is 4.90 Å². The van der Waals surface area contributed by atoms with Crippen LogP contribution in [0.4, 0.5) is 0 Å². The average Bonchev–Trinajstić information content (AvgIpc) is 2.76. The van der Waals surface area contributed by atoms with E-state index in [0.717, 1.165) is 16.7 Å². The molecule has 0 unspecified atom stereocenters. The van der Waals surface area contributed by atoms with Gasteiger partial charge < -0.3 is 19.9 Å². The monoisotopic (exact) mass is 436 g/mol. The van der Waals surface area contributed by atoms with Gasteiger partial charge in [-0.05, 0) is 25.2 Å². The molecule has 0 bridgehead atoms. The van der Waals surface area contributed by atoms with E-state index in [1.807, 2.05) is 0 Å². The van der Waals surface area contributed by atoms with E-state index in [0.29, 0.717) is 4.91 Å². The fraction of sp³-hybridized carbons (Fsp3) is 0.462. The zero-order valence-electron chi connectivity index (χ0n) is 15.1. The number of carboxylic acid groups (broad SMARTS) is 1. The summed E-state index contributed by atoms with van der Waals surface area (Å²) in [7, 11) is -4.74. The van der Waals surface area contributed by atoms with E-state index in [1.165, 1.54) is 25.5 Å². The summed E-state index contributed by atoms with van der Waals surface area (Å²) in [5.74, 6) is -3.52. The van der Waals surface area contributed by atoms with E-state index in [4.69, 9.17) is 4.55 Å². The number of hydrogen-bond acceptors (Lipinski definition) is 9. The molecule has 27 heavy (non-hydrogen) atoms. The van der Waals surface area contributed by atoms with Crippen molar-refractivity contribution >= 4 is 39.9 Å². The van der Waals surface area contributed by atoms with Gasteiger partial charge in [0.2, 0.25) is 5.91 Å². The first kappa shape index (κ1) is 27.1. The fourth-order valence-electron chi connectivity index (χ4n) is 2.81. The predicted octanol–water partition coefficient (Wildman–Crippen LogP) is -7.62. The van der Waals surface area contributed by atoms with Gasteiger partial charge in [-0.15, -0.1) is 0 Å². The van der Waals surface area contributed by atoms with Crippen LogP contribution in [-0.4, -0.2) is 47.8 Å². The van der Waals surface area contributed by atoms with Crippen LogP contribution in [0.5, 0.6) is 0 Å². The summed E-state index contributed by atoms with van der Waals surface area (Å²) in [4.78, 5) is 28.4. The first-order valence-electron chi connectivity index (χ1n) is 6.99. The van der Waals surface area contributed by atoms with Gasteiger partial charge >= 0.3 is 69.5 Å². The number of carboxylic acids is 1. The van der Waals surface area contributed by atoms with Crippen molar-refractivity contribution in [2.75, 3.05) is 0 Å².